The van der Waals surface area contributed by atoms with Crippen molar-refractivity contribution < 1.29 is 22.8 Å². The second kappa shape index (κ2) is 4.21. The molecular formula is C7H7F3N2O2S. The standard InChI is InChI=1S/C7H7F3N2O2S/c1-3-2-4(13)12-6(11-3)15-5(14)7(8,9)10/h3H,2H2,1H3,(H,11,12,13)/t3-/m1/s1. The highest BCUT2D eigenvalue weighted by Gasteiger charge is 2.40. The summed E-state index contributed by atoms with van der Waals surface area (Å²) >= 11 is -0.111. The molecule has 4 nitrogen and oxygen atoms in total. The molecule has 0 aromatic rings. The fourth-order valence-corrected chi connectivity index (χ4v) is 1.60. The molecule has 1 heterocycles. The zero-order valence-electron chi connectivity index (χ0n) is 7.59. The average Bonchev–Trinajstić information content (AvgIpc) is 1.99. The molecule has 0 saturated heterocycles. The van der Waals surface area contributed by atoms with Crippen LogP contribution in [0.15, 0.2) is 4.99 Å². The number of hydrogen-bond acceptors (Lipinski definition) is 4. The lowest BCUT2D eigenvalue weighted by Crippen LogP contribution is -2.37. The fourth-order valence-electron chi connectivity index (χ4n) is 0.914. The van der Waals surface area contributed by atoms with Gasteiger partial charge in [0.25, 0.3) is 0 Å². The van der Waals surface area contributed by atoms with Crippen molar-refractivity contribution in [1.82, 2.24) is 5.32 Å². The van der Waals surface area contributed by atoms with Crippen LogP contribution in [0.5, 0.6) is 0 Å². The third kappa shape index (κ3) is 3.54. The summed E-state index contributed by atoms with van der Waals surface area (Å²) < 4.78 is 35.6. The van der Waals surface area contributed by atoms with Gasteiger partial charge in [0, 0.05) is 6.42 Å². The van der Waals surface area contributed by atoms with Crippen molar-refractivity contribution in [3.8, 4) is 0 Å². The third-order valence-corrected chi connectivity index (χ3v) is 2.30. The summed E-state index contributed by atoms with van der Waals surface area (Å²) in [7, 11) is 0. The van der Waals surface area contributed by atoms with E-state index in [9.17, 15) is 22.8 Å². The Kier molecular flexibility index (Phi) is 3.38. The van der Waals surface area contributed by atoms with Crippen LogP contribution in [0, 0.1) is 0 Å². The van der Waals surface area contributed by atoms with Crippen LogP contribution in [0.3, 0.4) is 0 Å². The van der Waals surface area contributed by atoms with Crippen LogP contribution in [0.2, 0.25) is 0 Å². The first-order valence-electron chi connectivity index (χ1n) is 3.95. The number of amidine groups is 1. The van der Waals surface area contributed by atoms with Crippen LogP contribution >= 0.6 is 11.8 Å². The number of nitrogens with zero attached hydrogens (tertiary/aromatic N) is 1. The van der Waals surface area contributed by atoms with E-state index in [0.29, 0.717) is 0 Å². The second-order valence-corrected chi connectivity index (χ2v) is 3.88. The molecule has 1 aliphatic rings. The number of hydrogen-bond donors (Lipinski definition) is 1. The maximum atomic E-state index is 11.9. The lowest BCUT2D eigenvalue weighted by molar-refractivity contribution is -0.160. The SMILES string of the molecule is C[C@@H]1CC(=O)NC(SC(=O)C(F)(F)F)=N1. The van der Waals surface area contributed by atoms with Crippen LogP contribution in [-0.2, 0) is 9.59 Å². The molecule has 1 aliphatic heterocycles. The highest BCUT2D eigenvalue weighted by atomic mass is 32.2. The Hall–Kier alpha value is -1.05. The van der Waals surface area contributed by atoms with Gasteiger partial charge in [-0.1, -0.05) is 0 Å². The number of halogens is 3. The molecule has 1 N–H and O–H groups in total. The van der Waals surface area contributed by atoms with Gasteiger partial charge in [0.15, 0.2) is 5.17 Å². The largest absolute Gasteiger partial charge is 0.461 e. The van der Waals surface area contributed by atoms with Crippen molar-refractivity contribution >= 4 is 28.0 Å². The molecule has 84 valence electrons. The highest BCUT2D eigenvalue weighted by Crippen LogP contribution is 2.24. The van der Waals surface area contributed by atoms with E-state index in [0.717, 1.165) is 0 Å². The van der Waals surface area contributed by atoms with Gasteiger partial charge in [-0.3, -0.25) is 14.6 Å². The minimum Gasteiger partial charge on any atom is -0.305 e. The van der Waals surface area contributed by atoms with Crippen molar-refractivity contribution in [2.75, 3.05) is 0 Å². The number of carbonyl (C=O) groups is 2. The molecule has 0 aromatic carbocycles. The van der Waals surface area contributed by atoms with Crippen molar-refractivity contribution in [3.63, 3.8) is 0 Å². The zero-order valence-corrected chi connectivity index (χ0v) is 8.41. The van der Waals surface area contributed by atoms with Gasteiger partial charge in [-0.25, -0.2) is 0 Å². The molecule has 0 bridgehead atoms. The molecule has 0 aliphatic carbocycles. The summed E-state index contributed by atoms with van der Waals surface area (Å²) in [6.07, 6.45) is -4.80. The molecule has 0 unspecified atom stereocenters. The molecule has 0 spiro atoms. The number of alkyl halides is 3. The van der Waals surface area contributed by atoms with E-state index in [4.69, 9.17) is 0 Å². The van der Waals surface area contributed by atoms with E-state index in [1.165, 1.54) is 0 Å². The Morgan fingerprint density at radius 1 is 1.60 bits per heavy atom. The zero-order chi connectivity index (χ0) is 11.6. The topological polar surface area (TPSA) is 58.5 Å². The van der Waals surface area contributed by atoms with Crippen molar-refractivity contribution in [2.24, 2.45) is 4.99 Å². The molecule has 0 aromatic heterocycles. The van der Waals surface area contributed by atoms with Crippen LogP contribution in [-0.4, -0.2) is 28.4 Å². The number of carbonyl (C=O) groups excluding carboxylic acids is 2. The summed E-state index contributed by atoms with van der Waals surface area (Å²) in [4.78, 5) is 25.2. The van der Waals surface area contributed by atoms with Crippen molar-refractivity contribution in [3.05, 3.63) is 0 Å². The average molecular weight is 240 g/mol. The Labute approximate surface area is 87.3 Å². The van der Waals surface area contributed by atoms with E-state index >= 15 is 0 Å². The first-order chi connectivity index (χ1) is 6.79. The van der Waals surface area contributed by atoms with Gasteiger partial charge in [0.2, 0.25) is 5.91 Å². The van der Waals surface area contributed by atoms with Crippen LogP contribution < -0.4 is 5.32 Å². The first-order valence-corrected chi connectivity index (χ1v) is 4.77. The van der Waals surface area contributed by atoms with E-state index in [-0.39, 0.29) is 23.4 Å². The quantitative estimate of drug-likeness (QED) is 0.689. The monoisotopic (exact) mass is 240 g/mol. The minimum atomic E-state index is -4.92. The number of amides is 1. The summed E-state index contributed by atoms with van der Waals surface area (Å²) in [5, 5.41) is -0.178. The fraction of sp³-hybridized carbons (Fsp3) is 0.571. The molecule has 1 amide bonds. The summed E-state index contributed by atoms with van der Waals surface area (Å²) in [6, 6.07) is -0.401. The summed E-state index contributed by atoms with van der Waals surface area (Å²) in [5.41, 5.74) is 0. The molecular weight excluding hydrogens is 233 g/mol. The maximum Gasteiger partial charge on any atom is 0.461 e. The molecule has 0 radical (unpaired) electrons. The lowest BCUT2D eigenvalue weighted by atomic mass is 10.2. The highest BCUT2D eigenvalue weighted by molar-refractivity contribution is 8.26. The van der Waals surface area contributed by atoms with Gasteiger partial charge in [-0.05, 0) is 18.7 Å². The smallest absolute Gasteiger partial charge is 0.305 e. The van der Waals surface area contributed by atoms with E-state index in [2.05, 4.69) is 10.3 Å². The second-order valence-electron chi connectivity index (χ2n) is 2.92. The summed E-state index contributed by atoms with van der Waals surface area (Å²) in [6.45, 7) is 1.58. The van der Waals surface area contributed by atoms with Gasteiger partial charge in [0.1, 0.15) is 0 Å². The van der Waals surface area contributed by atoms with Gasteiger partial charge >= 0.3 is 11.3 Å². The van der Waals surface area contributed by atoms with Gasteiger partial charge in [-0.2, -0.15) is 13.2 Å². The number of rotatable bonds is 0. The number of thioether (sulfide) groups is 1. The Balaban J connectivity index is 2.67. The normalized spacial score (nSPS) is 22.0. The van der Waals surface area contributed by atoms with Crippen molar-refractivity contribution in [2.45, 2.75) is 25.6 Å². The molecule has 8 heteroatoms. The summed E-state index contributed by atoms with van der Waals surface area (Å²) in [5.74, 6) is -0.435. The first kappa shape index (κ1) is 12.0. The predicted molar refractivity (Wildman–Crippen MR) is 48.3 cm³/mol. The molecule has 1 atom stereocenters. The van der Waals surface area contributed by atoms with Crippen LogP contribution in [0.1, 0.15) is 13.3 Å². The Morgan fingerprint density at radius 2 is 2.20 bits per heavy atom. The van der Waals surface area contributed by atoms with Gasteiger partial charge < -0.3 is 5.32 Å². The molecule has 0 fully saturated rings. The maximum absolute atomic E-state index is 11.9. The number of aliphatic imine (C=N–C) groups is 1. The predicted octanol–water partition coefficient (Wildman–Crippen LogP) is 1.07. The third-order valence-electron chi connectivity index (χ3n) is 1.49. The minimum absolute atomic E-state index is 0.111. The molecule has 1 rings (SSSR count). The van der Waals surface area contributed by atoms with Crippen LogP contribution in [0.25, 0.3) is 0 Å². The van der Waals surface area contributed by atoms with Gasteiger partial charge in [-0.15, -0.1) is 0 Å². The number of nitrogens with one attached hydrogen (secondary N) is 1. The Bertz CT molecular complexity index is 327. The van der Waals surface area contributed by atoms with E-state index in [1.54, 1.807) is 6.92 Å². The van der Waals surface area contributed by atoms with Crippen molar-refractivity contribution in [1.29, 1.82) is 0 Å². The van der Waals surface area contributed by atoms with E-state index < -0.39 is 23.2 Å². The van der Waals surface area contributed by atoms with Gasteiger partial charge in [0.05, 0.1) is 6.04 Å². The lowest BCUT2D eigenvalue weighted by Gasteiger charge is -2.16. The Morgan fingerprint density at radius 3 is 2.67 bits per heavy atom. The van der Waals surface area contributed by atoms with E-state index in [1.807, 2.05) is 0 Å². The van der Waals surface area contributed by atoms with Crippen LogP contribution in [0.4, 0.5) is 13.2 Å². The molecule has 15 heavy (non-hydrogen) atoms. The molecule has 0 saturated carbocycles.